The summed E-state index contributed by atoms with van der Waals surface area (Å²) in [6.07, 6.45) is -3.38. The van der Waals surface area contributed by atoms with Crippen molar-refractivity contribution < 1.29 is 32.5 Å². The van der Waals surface area contributed by atoms with Gasteiger partial charge in [0.1, 0.15) is 18.0 Å². The molecule has 3 fully saturated rings. The first-order chi connectivity index (χ1) is 13.8. The topological polar surface area (TPSA) is 72.5 Å². The molecule has 3 aliphatic heterocycles. The van der Waals surface area contributed by atoms with E-state index in [1.807, 2.05) is 0 Å². The summed E-state index contributed by atoms with van der Waals surface area (Å²) in [5.41, 5.74) is 0.612. The second kappa shape index (κ2) is 8.43. The van der Waals surface area contributed by atoms with Crippen LogP contribution in [0.3, 0.4) is 0 Å². The van der Waals surface area contributed by atoms with Gasteiger partial charge in [0.05, 0.1) is 13.1 Å². The Labute approximate surface area is 179 Å². The molecule has 4 rings (SSSR count). The average Bonchev–Trinajstić information content (AvgIpc) is 3.14. The molecule has 3 aliphatic rings. The van der Waals surface area contributed by atoms with Crippen molar-refractivity contribution in [2.45, 2.75) is 50.3 Å². The molecule has 0 amide bonds. The summed E-state index contributed by atoms with van der Waals surface area (Å²) < 4.78 is 44.7. The van der Waals surface area contributed by atoms with Gasteiger partial charge in [-0.2, -0.15) is 9.05 Å². The predicted octanol–water partition coefficient (Wildman–Crippen LogP) is 2.98. The lowest BCUT2D eigenvalue weighted by Crippen LogP contribution is -2.50. The molecule has 7 nitrogen and oxygen atoms in total. The molecule has 1 aromatic carbocycles. The van der Waals surface area contributed by atoms with Crippen molar-refractivity contribution in [3.8, 4) is 0 Å². The predicted molar refractivity (Wildman–Crippen MR) is 104 cm³/mol. The van der Waals surface area contributed by atoms with Crippen LogP contribution in [0.5, 0.6) is 0 Å². The molecule has 11 heteroatoms. The minimum atomic E-state index is -3.80. The fourth-order valence-corrected chi connectivity index (χ4v) is 6.56. The van der Waals surface area contributed by atoms with Crippen LogP contribution in [0.15, 0.2) is 24.3 Å². The third-order valence-corrected chi connectivity index (χ3v) is 7.49. The average molecular weight is 470 g/mol. The van der Waals surface area contributed by atoms with E-state index in [0.29, 0.717) is 5.56 Å². The third-order valence-electron chi connectivity index (χ3n) is 5.06. The molecule has 0 saturated carbocycles. The zero-order valence-corrected chi connectivity index (χ0v) is 18.4. The Morgan fingerprint density at radius 1 is 1.03 bits per heavy atom. The van der Waals surface area contributed by atoms with Crippen LogP contribution >= 0.6 is 31.3 Å². The normalized spacial score (nSPS) is 38.2. The van der Waals surface area contributed by atoms with Gasteiger partial charge in [0.15, 0.2) is 24.3 Å². The molecule has 0 aromatic heterocycles. The monoisotopic (exact) mass is 469 g/mol. The fourth-order valence-electron chi connectivity index (χ4n) is 3.84. The van der Waals surface area contributed by atoms with Crippen LogP contribution in [0.25, 0.3) is 0 Å². The van der Waals surface area contributed by atoms with E-state index >= 15 is 0 Å². The first kappa shape index (κ1) is 22.1. The number of ether oxygens (including phenoxy) is 3. The van der Waals surface area contributed by atoms with Crippen molar-refractivity contribution in [2.75, 3.05) is 24.8 Å². The van der Waals surface area contributed by atoms with Gasteiger partial charge in [0.25, 0.3) is 0 Å². The second-order valence-corrected chi connectivity index (χ2v) is 10.2. The lowest BCUT2D eigenvalue weighted by molar-refractivity contribution is -0.281. The first-order valence-electron chi connectivity index (χ1n) is 9.37. The van der Waals surface area contributed by atoms with Crippen molar-refractivity contribution in [2.24, 2.45) is 0 Å². The number of alkyl halides is 2. The lowest BCUT2D eigenvalue weighted by Gasteiger charge is -2.45. The van der Waals surface area contributed by atoms with Gasteiger partial charge in [-0.3, -0.25) is 0 Å². The molecule has 5 unspecified atom stereocenters. The van der Waals surface area contributed by atoms with Gasteiger partial charge in [0.2, 0.25) is 0 Å². The third kappa shape index (κ3) is 4.30. The Morgan fingerprint density at radius 2 is 1.69 bits per heavy atom. The van der Waals surface area contributed by atoms with E-state index < -0.39 is 44.6 Å². The minimum absolute atomic E-state index is 0.220. The van der Waals surface area contributed by atoms with Crippen LogP contribution in [-0.4, -0.2) is 59.9 Å². The van der Waals surface area contributed by atoms with E-state index in [0.717, 1.165) is 0 Å². The molecular formula is C18H23Cl2FNO6P. The molecule has 3 saturated heterocycles. The number of halogens is 3. The maximum atomic E-state index is 13.8. The SMILES string of the molecule is CC1(C)OC2OC3C(O[P+]([O-])(N(CCCl)CCCl)O[C@H]3c3ccc(F)cc3)C2O1. The van der Waals surface area contributed by atoms with Crippen LogP contribution < -0.4 is 4.89 Å². The van der Waals surface area contributed by atoms with E-state index in [2.05, 4.69) is 0 Å². The van der Waals surface area contributed by atoms with E-state index in [-0.39, 0.29) is 30.7 Å². The molecule has 6 atom stereocenters. The Hall–Kier alpha value is -0.120. The Bertz CT molecular complexity index is 725. The van der Waals surface area contributed by atoms with Crippen LogP contribution in [-0.2, 0) is 23.3 Å². The summed E-state index contributed by atoms with van der Waals surface area (Å²) in [4.78, 5) is 13.8. The largest absolute Gasteiger partial charge is 0.616 e. The van der Waals surface area contributed by atoms with Crippen molar-refractivity contribution in [3.05, 3.63) is 35.6 Å². The highest BCUT2D eigenvalue weighted by Gasteiger charge is 2.65. The first-order valence-corrected chi connectivity index (χ1v) is 11.9. The molecule has 162 valence electrons. The van der Waals surface area contributed by atoms with Gasteiger partial charge >= 0.3 is 8.09 Å². The van der Waals surface area contributed by atoms with E-state index in [1.165, 1.54) is 16.8 Å². The van der Waals surface area contributed by atoms with Crippen LogP contribution in [0.4, 0.5) is 4.39 Å². The summed E-state index contributed by atoms with van der Waals surface area (Å²) in [5.74, 6) is -0.802. The smallest absolute Gasteiger partial charge is 0.316 e. The number of rotatable bonds is 6. The Balaban J connectivity index is 1.68. The van der Waals surface area contributed by atoms with Crippen molar-refractivity contribution in [3.63, 3.8) is 0 Å². The van der Waals surface area contributed by atoms with Crippen molar-refractivity contribution in [1.29, 1.82) is 0 Å². The van der Waals surface area contributed by atoms with Crippen LogP contribution in [0.1, 0.15) is 25.5 Å². The summed E-state index contributed by atoms with van der Waals surface area (Å²) in [6.45, 7) is 4.06. The molecule has 0 radical (unpaired) electrons. The number of hydrogen-bond acceptors (Lipinski definition) is 7. The number of nitrogens with zero attached hydrogens (tertiary/aromatic N) is 1. The highest BCUT2D eigenvalue weighted by atomic mass is 35.5. The Morgan fingerprint density at radius 3 is 2.31 bits per heavy atom. The maximum absolute atomic E-state index is 13.8. The second-order valence-electron chi connectivity index (χ2n) is 7.52. The molecule has 0 bridgehead atoms. The van der Waals surface area contributed by atoms with Crippen molar-refractivity contribution >= 4 is 31.3 Å². The minimum Gasteiger partial charge on any atom is -0.616 e. The molecular weight excluding hydrogens is 447 g/mol. The van der Waals surface area contributed by atoms with E-state index in [9.17, 15) is 9.28 Å². The quantitative estimate of drug-likeness (QED) is 0.468. The molecule has 1 aromatic rings. The summed E-state index contributed by atoms with van der Waals surface area (Å²) >= 11 is 11.8. The van der Waals surface area contributed by atoms with Crippen molar-refractivity contribution in [1.82, 2.24) is 4.67 Å². The lowest BCUT2D eigenvalue weighted by atomic mass is 9.99. The fraction of sp³-hybridized carbons (Fsp3) is 0.667. The zero-order valence-electron chi connectivity index (χ0n) is 16.0. The molecule has 0 spiro atoms. The zero-order chi connectivity index (χ0) is 20.8. The van der Waals surface area contributed by atoms with Gasteiger partial charge in [-0.1, -0.05) is 12.1 Å². The van der Waals surface area contributed by atoms with Gasteiger partial charge in [-0.15, -0.1) is 27.9 Å². The summed E-state index contributed by atoms with van der Waals surface area (Å²) in [7, 11) is -3.80. The highest BCUT2D eigenvalue weighted by Crippen LogP contribution is 2.66. The number of fused-ring (bicyclic) bond motifs is 3. The Kier molecular flexibility index (Phi) is 6.42. The molecule has 0 aliphatic carbocycles. The van der Waals surface area contributed by atoms with Crippen LogP contribution in [0.2, 0.25) is 0 Å². The van der Waals surface area contributed by atoms with Gasteiger partial charge < -0.3 is 19.1 Å². The maximum Gasteiger partial charge on any atom is 0.316 e. The van der Waals surface area contributed by atoms with Crippen LogP contribution in [0, 0.1) is 5.82 Å². The highest BCUT2D eigenvalue weighted by molar-refractivity contribution is 7.56. The molecule has 3 heterocycles. The van der Waals surface area contributed by atoms with Gasteiger partial charge in [0, 0.05) is 11.8 Å². The molecule has 29 heavy (non-hydrogen) atoms. The summed E-state index contributed by atoms with van der Waals surface area (Å²) in [5, 5.41) is 0. The van der Waals surface area contributed by atoms with Gasteiger partial charge in [-0.25, -0.2) is 4.39 Å². The van der Waals surface area contributed by atoms with Gasteiger partial charge in [-0.05, 0) is 31.5 Å². The molecule has 0 N–H and O–H groups in total. The van der Waals surface area contributed by atoms with E-state index in [1.54, 1.807) is 26.0 Å². The number of hydrogen-bond donors (Lipinski definition) is 0. The van der Waals surface area contributed by atoms with E-state index in [4.69, 9.17) is 46.5 Å². The summed E-state index contributed by atoms with van der Waals surface area (Å²) in [6, 6.07) is 5.77. The number of benzene rings is 1. The standard InChI is InChI=1S/C18H23Cl2FNO6P/c1-18(2)25-16-15-14(24-17(16)26-18)13(11-3-5-12(21)6-4-11)27-29(23,28-15)22(9-7-19)10-8-20/h3-6,13-17H,7-10H2,1-2H3/t13-,14?,15?,16?,17?,29?/m0/s1.